The Bertz CT molecular complexity index is 777. The van der Waals surface area contributed by atoms with E-state index in [4.69, 9.17) is 14.6 Å². The molecule has 2 rings (SSSR count). The van der Waals surface area contributed by atoms with Gasteiger partial charge < -0.3 is 9.31 Å². The first-order valence-corrected chi connectivity index (χ1v) is 9.74. The number of rotatable bonds is 6. The van der Waals surface area contributed by atoms with Gasteiger partial charge >= 0.3 is 7.12 Å². The van der Waals surface area contributed by atoms with E-state index in [1.165, 1.54) is 18.7 Å². The fourth-order valence-electron chi connectivity index (χ4n) is 2.51. The van der Waals surface area contributed by atoms with Gasteiger partial charge in [0, 0.05) is 18.2 Å². The second-order valence-corrected chi connectivity index (χ2v) is 8.62. The van der Waals surface area contributed by atoms with E-state index in [0.717, 1.165) is 11.0 Å². The van der Waals surface area contributed by atoms with E-state index in [9.17, 15) is 9.59 Å². The molecule has 0 unspecified atom stereocenters. The topological polar surface area (TPSA) is 76.4 Å². The summed E-state index contributed by atoms with van der Waals surface area (Å²) in [6.07, 6.45) is 1.79. The first kappa shape index (κ1) is 21.4. The van der Waals surface area contributed by atoms with Crippen molar-refractivity contribution in [3.8, 4) is 6.07 Å². The van der Waals surface area contributed by atoms with E-state index >= 15 is 0 Å². The lowest BCUT2D eigenvalue weighted by Gasteiger charge is -2.32. The fraction of sp³-hybridized carbons (Fsp3) is 0.450. The van der Waals surface area contributed by atoms with Gasteiger partial charge in [-0.15, -0.1) is 0 Å². The molecule has 1 aliphatic heterocycles. The molecule has 0 spiro atoms. The van der Waals surface area contributed by atoms with Crippen LogP contribution in [0.2, 0.25) is 0 Å². The number of carbonyl (C=O) groups excluding carboxylic acids is 2. The number of hydrogen-bond donors (Lipinski definition) is 0. The number of nitriles is 1. The molecule has 0 radical (unpaired) electrons. The van der Waals surface area contributed by atoms with Gasteiger partial charge in [0.2, 0.25) is 0 Å². The molecule has 1 aromatic rings. The quantitative estimate of drug-likeness (QED) is 0.543. The molecule has 0 N–H and O–H groups in total. The monoisotopic (exact) mass is 385 g/mol. The standard InChI is InChI=1S/C20H24BNO4S/c1-14(23)27-13-17(21-25-19(2,3)20(4,5)26-21)12-15-6-8-16(9-7-15)18(24)10-11-22/h6-9,12H,10,13H2,1-5H3. The first-order chi connectivity index (χ1) is 12.6. The van der Waals surface area contributed by atoms with Crippen molar-refractivity contribution >= 4 is 35.9 Å². The average molecular weight is 385 g/mol. The minimum absolute atomic E-state index is 0.0230. The Morgan fingerprint density at radius 1 is 1.15 bits per heavy atom. The number of ketones is 1. The van der Waals surface area contributed by atoms with Crippen molar-refractivity contribution < 1.29 is 18.9 Å². The average Bonchev–Trinajstić information content (AvgIpc) is 2.79. The molecular formula is C20H24BNO4S. The van der Waals surface area contributed by atoms with E-state index in [1.54, 1.807) is 12.1 Å². The summed E-state index contributed by atoms with van der Waals surface area (Å²) in [5.41, 5.74) is 1.29. The molecule has 0 atom stereocenters. The number of carbonyl (C=O) groups is 2. The molecule has 0 amide bonds. The summed E-state index contributed by atoms with van der Waals surface area (Å²) in [6.45, 7) is 9.47. The van der Waals surface area contributed by atoms with Gasteiger partial charge in [-0.1, -0.05) is 42.1 Å². The maximum atomic E-state index is 11.8. The molecule has 1 aromatic carbocycles. The van der Waals surface area contributed by atoms with Crippen molar-refractivity contribution in [2.75, 3.05) is 5.75 Å². The van der Waals surface area contributed by atoms with Crippen molar-refractivity contribution in [1.29, 1.82) is 5.26 Å². The number of Topliss-reactive ketones (excluding diaryl/α,β-unsaturated/α-hetero) is 1. The van der Waals surface area contributed by atoms with Crippen LogP contribution in [0.4, 0.5) is 0 Å². The Kier molecular flexibility index (Phi) is 6.69. The third kappa shape index (κ3) is 5.32. The summed E-state index contributed by atoms with van der Waals surface area (Å²) < 4.78 is 12.2. The first-order valence-electron chi connectivity index (χ1n) is 8.75. The lowest BCUT2D eigenvalue weighted by atomic mass is 9.78. The van der Waals surface area contributed by atoms with Gasteiger partial charge in [0.05, 0.1) is 23.7 Å². The van der Waals surface area contributed by atoms with Crippen molar-refractivity contribution in [2.24, 2.45) is 0 Å². The summed E-state index contributed by atoms with van der Waals surface area (Å²) in [6, 6.07) is 8.89. The molecule has 1 fully saturated rings. The molecule has 0 aromatic heterocycles. The van der Waals surface area contributed by atoms with E-state index in [0.29, 0.717) is 11.3 Å². The molecule has 142 valence electrons. The summed E-state index contributed by atoms with van der Waals surface area (Å²) in [4.78, 5) is 23.2. The lowest BCUT2D eigenvalue weighted by molar-refractivity contribution is -0.109. The predicted molar refractivity (Wildman–Crippen MR) is 108 cm³/mol. The van der Waals surface area contributed by atoms with Crippen LogP contribution in [0.15, 0.2) is 29.7 Å². The maximum Gasteiger partial charge on any atom is 0.491 e. The summed E-state index contributed by atoms with van der Waals surface area (Å²) in [5.74, 6) is 0.257. The third-order valence-electron chi connectivity index (χ3n) is 4.82. The zero-order valence-corrected chi connectivity index (χ0v) is 17.2. The predicted octanol–water partition coefficient (Wildman–Crippen LogP) is 4.08. The fourth-order valence-corrected chi connectivity index (χ4v) is 3.10. The van der Waals surface area contributed by atoms with Crippen molar-refractivity contribution in [3.63, 3.8) is 0 Å². The molecule has 0 saturated carbocycles. The van der Waals surface area contributed by atoms with Crippen LogP contribution in [0.3, 0.4) is 0 Å². The molecule has 5 nitrogen and oxygen atoms in total. The smallest absolute Gasteiger partial charge is 0.400 e. The number of hydrogen-bond acceptors (Lipinski definition) is 6. The van der Waals surface area contributed by atoms with Crippen molar-refractivity contribution in [2.45, 2.75) is 52.2 Å². The summed E-state index contributed by atoms with van der Waals surface area (Å²) >= 11 is 1.20. The zero-order valence-electron chi connectivity index (χ0n) is 16.4. The van der Waals surface area contributed by atoms with Crippen LogP contribution in [0.5, 0.6) is 0 Å². The SMILES string of the molecule is CC(=O)SCC(=Cc1ccc(C(=O)CC#N)cc1)B1OC(C)(C)C(C)(C)O1. The summed E-state index contributed by atoms with van der Waals surface area (Å²) in [7, 11) is -0.540. The molecule has 7 heteroatoms. The molecule has 1 aliphatic rings. The zero-order chi connectivity index (χ0) is 20.2. The van der Waals surface area contributed by atoms with Crippen LogP contribution in [0, 0.1) is 11.3 Å². The molecule has 1 saturated heterocycles. The lowest BCUT2D eigenvalue weighted by Crippen LogP contribution is -2.41. The Labute approximate surface area is 165 Å². The van der Waals surface area contributed by atoms with E-state index in [1.807, 2.05) is 52.0 Å². The van der Waals surface area contributed by atoms with Crippen molar-refractivity contribution in [3.05, 3.63) is 40.9 Å². The van der Waals surface area contributed by atoms with E-state index < -0.39 is 18.3 Å². The van der Waals surface area contributed by atoms with Gasteiger partial charge in [0.25, 0.3) is 0 Å². The van der Waals surface area contributed by atoms with Gasteiger partial charge in [-0.2, -0.15) is 5.26 Å². The highest BCUT2D eigenvalue weighted by Crippen LogP contribution is 2.39. The van der Waals surface area contributed by atoms with Crippen molar-refractivity contribution in [1.82, 2.24) is 0 Å². The molecular weight excluding hydrogens is 361 g/mol. The molecule has 0 bridgehead atoms. The van der Waals surface area contributed by atoms with E-state index in [2.05, 4.69) is 0 Å². The van der Waals surface area contributed by atoms with Gasteiger partial charge in [0.15, 0.2) is 10.9 Å². The van der Waals surface area contributed by atoms with Crippen LogP contribution in [0.1, 0.15) is 57.0 Å². The van der Waals surface area contributed by atoms with Crippen LogP contribution >= 0.6 is 11.8 Å². The minimum atomic E-state index is -0.540. The maximum absolute atomic E-state index is 11.8. The molecule has 0 aliphatic carbocycles. The minimum Gasteiger partial charge on any atom is -0.400 e. The Morgan fingerprint density at radius 3 is 2.19 bits per heavy atom. The third-order valence-corrected chi connectivity index (χ3v) is 5.71. The summed E-state index contributed by atoms with van der Waals surface area (Å²) in [5, 5.41) is 8.67. The molecule has 1 heterocycles. The van der Waals surface area contributed by atoms with Crippen LogP contribution in [-0.2, 0) is 14.1 Å². The van der Waals surface area contributed by atoms with Crippen LogP contribution in [-0.4, -0.2) is 35.0 Å². The van der Waals surface area contributed by atoms with Gasteiger partial charge in [0.1, 0.15) is 0 Å². The highest BCUT2D eigenvalue weighted by Gasteiger charge is 2.52. The number of nitrogens with zero attached hydrogens (tertiary/aromatic N) is 1. The Morgan fingerprint density at radius 2 is 1.70 bits per heavy atom. The van der Waals surface area contributed by atoms with Crippen LogP contribution < -0.4 is 0 Å². The second-order valence-electron chi connectivity index (χ2n) is 7.47. The van der Waals surface area contributed by atoms with Gasteiger partial charge in [-0.3, -0.25) is 9.59 Å². The highest BCUT2D eigenvalue weighted by atomic mass is 32.2. The normalized spacial score (nSPS) is 18.2. The highest BCUT2D eigenvalue weighted by molar-refractivity contribution is 8.13. The number of benzene rings is 1. The molecule has 27 heavy (non-hydrogen) atoms. The van der Waals surface area contributed by atoms with E-state index in [-0.39, 0.29) is 17.3 Å². The van der Waals surface area contributed by atoms with Gasteiger partial charge in [-0.05, 0) is 38.7 Å². The van der Waals surface area contributed by atoms with Gasteiger partial charge in [-0.25, -0.2) is 0 Å². The van der Waals surface area contributed by atoms with Crippen LogP contribution in [0.25, 0.3) is 6.08 Å². The number of thioether (sulfide) groups is 1. The Balaban J connectivity index is 2.27. The Hall–Kier alpha value is -1.88. The largest absolute Gasteiger partial charge is 0.491 e. The second kappa shape index (κ2) is 8.43.